The number of esters is 2. The lowest BCUT2D eigenvalue weighted by Crippen LogP contribution is -2.61. The summed E-state index contributed by atoms with van der Waals surface area (Å²) >= 11 is 0. The number of ether oxygens (including phenoxy) is 6. The molecule has 4 unspecified atom stereocenters. The average molecular weight is 1000 g/mol. The van der Waals surface area contributed by atoms with E-state index in [9.17, 15) is 45.3 Å². The van der Waals surface area contributed by atoms with Crippen molar-refractivity contribution in [1.82, 2.24) is 0 Å². The molecule has 15 heteroatoms. The number of hydrogen-bond acceptors (Lipinski definition) is 15. The summed E-state index contributed by atoms with van der Waals surface area (Å²) in [4.78, 5) is 25.8. The fraction of sp³-hybridized carbons (Fsp3) is 0.891. The van der Waals surface area contributed by atoms with Crippen molar-refractivity contribution >= 4 is 11.9 Å². The van der Waals surface area contributed by atoms with Gasteiger partial charge in [0.1, 0.15) is 55.4 Å². The van der Waals surface area contributed by atoms with Crippen LogP contribution < -0.4 is 0 Å². The molecule has 2 saturated heterocycles. The molecule has 2 fully saturated rings. The Morgan fingerprint density at radius 1 is 0.457 bits per heavy atom. The van der Waals surface area contributed by atoms with E-state index >= 15 is 0 Å². The first kappa shape index (κ1) is 64.1. The van der Waals surface area contributed by atoms with Crippen molar-refractivity contribution in [2.45, 2.75) is 287 Å². The van der Waals surface area contributed by atoms with Gasteiger partial charge in [0, 0.05) is 12.8 Å². The van der Waals surface area contributed by atoms with Crippen molar-refractivity contribution < 1.29 is 73.8 Å². The monoisotopic (exact) mass is 1000 g/mol. The van der Waals surface area contributed by atoms with Gasteiger partial charge in [0.15, 0.2) is 18.7 Å². The second-order valence-corrected chi connectivity index (χ2v) is 19.8. The zero-order chi connectivity index (χ0) is 51.0. The van der Waals surface area contributed by atoms with Crippen molar-refractivity contribution in [3.05, 3.63) is 24.3 Å². The van der Waals surface area contributed by atoms with Gasteiger partial charge in [-0.3, -0.25) is 9.59 Å². The number of hydrogen-bond donors (Lipinski definition) is 7. The number of unbranched alkanes of at least 4 members (excludes halogenated alkanes) is 26. The zero-order valence-corrected chi connectivity index (χ0v) is 43.5. The molecule has 2 heterocycles. The quantitative estimate of drug-likeness (QED) is 0.0172. The number of carbonyl (C=O) groups excluding carboxylic acids is 2. The minimum Gasteiger partial charge on any atom is -0.462 e. The molecule has 0 saturated carbocycles. The van der Waals surface area contributed by atoms with Gasteiger partial charge in [-0.05, 0) is 44.9 Å². The first-order valence-electron chi connectivity index (χ1n) is 27.9. The Labute approximate surface area is 422 Å². The number of rotatable bonds is 44. The summed E-state index contributed by atoms with van der Waals surface area (Å²) in [6, 6.07) is 0. The fourth-order valence-electron chi connectivity index (χ4n) is 8.84. The summed E-state index contributed by atoms with van der Waals surface area (Å²) in [6.45, 7) is 2.58. The Bertz CT molecular complexity index is 1310. The van der Waals surface area contributed by atoms with Gasteiger partial charge in [-0.25, -0.2) is 0 Å². The Morgan fingerprint density at radius 3 is 1.36 bits per heavy atom. The second-order valence-electron chi connectivity index (χ2n) is 19.8. The van der Waals surface area contributed by atoms with E-state index in [1.165, 1.54) is 116 Å². The summed E-state index contributed by atoms with van der Waals surface area (Å²) < 4.78 is 33.6. The van der Waals surface area contributed by atoms with Crippen LogP contribution in [0.4, 0.5) is 0 Å². The maximum absolute atomic E-state index is 13.0. The summed E-state index contributed by atoms with van der Waals surface area (Å²) in [6.07, 6.45) is 27.7. The molecule has 0 bridgehead atoms. The molecule has 0 aromatic rings. The lowest BCUT2D eigenvalue weighted by atomic mass is 9.98. The first-order chi connectivity index (χ1) is 34.0. The third-order valence-electron chi connectivity index (χ3n) is 13.4. The van der Waals surface area contributed by atoms with Crippen LogP contribution in [0, 0.1) is 0 Å². The van der Waals surface area contributed by atoms with Crippen molar-refractivity contribution in [3.8, 4) is 0 Å². The molecule has 11 atom stereocenters. The third-order valence-corrected chi connectivity index (χ3v) is 13.4. The van der Waals surface area contributed by atoms with E-state index in [0.29, 0.717) is 12.8 Å². The molecular weight excluding hydrogens is 901 g/mol. The van der Waals surface area contributed by atoms with E-state index in [1.54, 1.807) is 0 Å². The standard InChI is InChI=1S/C55H100O15/c1-3-5-7-9-11-13-15-17-19-20-21-22-24-25-27-29-31-33-35-37-46(57)65-40-43(68-47(58)38-36-34-32-30-28-26-23-18-16-14-12-10-8-6-4-2)41-66-54-53(64)51(62)49(60)45(70-54)42-67-55-52(63)50(61)48(59)44(39-56)69-55/h12,14,18,23,43-45,48-56,59-64H,3-11,13,15-17,19-22,24-42H2,1-2H3/b14-12+,23-18+/t43-,44+,45+,48-,49-,50?,51?,52?,53?,54+,55+/m0/s1. The van der Waals surface area contributed by atoms with E-state index < -0.39 is 92.7 Å². The van der Waals surface area contributed by atoms with Gasteiger partial charge in [-0.15, -0.1) is 0 Å². The number of allylic oxidation sites excluding steroid dienone is 4. The maximum Gasteiger partial charge on any atom is 0.306 e. The highest BCUT2D eigenvalue weighted by atomic mass is 16.7. The fourth-order valence-corrected chi connectivity index (χ4v) is 8.84. The van der Waals surface area contributed by atoms with Crippen LogP contribution in [0.3, 0.4) is 0 Å². The predicted octanol–water partition coefficient (Wildman–Crippen LogP) is 8.72. The smallest absolute Gasteiger partial charge is 0.306 e. The molecule has 0 radical (unpaired) electrons. The largest absolute Gasteiger partial charge is 0.462 e. The Morgan fingerprint density at radius 2 is 0.857 bits per heavy atom. The summed E-state index contributed by atoms with van der Waals surface area (Å²) in [7, 11) is 0. The van der Waals surface area contributed by atoms with Crippen LogP contribution in [0.2, 0.25) is 0 Å². The lowest BCUT2D eigenvalue weighted by molar-refractivity contribution is -0.332. The van der Waals surface area contributed by atoms with Gasteiger partial charge < -0.3 is 64.2 Å². The van der Waals surface area contributed by atoms with E-state index in [-0.39, 0.29) is 26.1 Å². The van der Waals surface area contributed by atoms with Gasteiger partial charge in [0.05, 0.1) is 19.8 Å². The van der Waals surface area contributed by atoms with Crippen LogP contribution in [0.5, 0.6) is 0 Å². The Hall–Kier alpha value is -2.02. The zero-order valence-electron chi connectivity index (χ0n) is 43.5. The number of aliphatic hydroxyl groups is 7. The third kappa shape index (κ3) is 29.6. The summed E-state index contributed by atoms with van der Waals surface area (Å²) in [5.74, 6) is -0.930. The molecule has 0 spiro atoms. The predicted molar refractivity (Wildman–Crippen MR) is 271 cm³/mol. The molecule has 0 aromatic carbocycles. The summed E-state index contributed by atoms with van der Waals surface area (Å²) in [5, 5.41) is 72.2. The maximum atomic E-state index is 13.0. The SMILES string of the molecule is CCCCC/C=C/C/C=C/CCCCCCCC(=O)O[C@@H](COC(=O)CCCCCCCCCCCCCCCCCCCCC)CO[C@@H]1O[C@H](CO[C@@H]2O[C@H](CO)[C@H](O)C(O)C2O)[C@H](O)C(O)C1O. The molecule has 2 aliphatic rings. The van der Waals surface area contributed by atoms with Crippen LogP contribution in [0.15, 0.2) is 24.3 Å². The highest BCUT2D eigenvalue weighted by molar-refractivity contribution is 5.70. The molecule has 410 valence electrons. The van der Waals surface area contributed by atoms with Crippen molar-refractivity contribution in [1.29, 1.82) is 0 Å². The van der Waals surface area contributed by atoms with E-state index in [4.69, 9.17) is 28.4 Å². The number of aliphatic hydroxyl groups excluding tert-OH is 7. The van der Waals surface area contributed by atoms with E-state index in [2.05, 4.69) is 38.2 Å². The Balaban J connectivity index is 1.77. The normalized spacial score (nSPS) is 25.5. The molecule has 70 heavy (non-hydrogen) atoms. The minimum atomic E-state index is -1.77. The van der Waals surface area contributed by atoms with Gasteiger partial charge in [0.2, 0.25) is 0 Å². The minimum absolute atomic E-state index is 0.152. The van der Waals surface area contributed by atoms with Gasteiger partial charge in [0.25, 0.3) is 0 Å². The molecular formula is C55H100O15. The van der Waals surface area contributed by atoms with Crippen LogP contribution in [0.25, 0.3) is 0 Å². The van der Waals surface area contributed by atoms with Crippen molar-refractivity contribution in [2.24, 2.45) is 0 Å². The van der Waals surface area contributed by atoms with E-state index in [0.717, 1.165) is 64.2 Å². The molecule has 0 aliphatic carbocycles. The summed E-state index contributed by atoms with van der Waals surface area (Å²) in [5.41, 5.74) is 0. The van der Waals surface area contributed by atoms with Gasteiger partial charge in [-0.2, -0.15) is 0 Å². The van der Waals surface area contributed by atoms with E-state index in [1.807, 2.05) is 0 Å². The molecule has 0 aromatic heterocycles. The second kappa shape index (κ2) is 42.3. The Kier molecular flexibility index (Phi) is 38.8. The van der Waals surface area contributed by atoms with Gasteiger partial charge in [-0.1, -0.05) is 186 Å². The topological polar surface area (TPSA) is 231 Å². The molecule has 7 N–H and O–H groups in total. The molecule has 2 aliphatic heterocycles. The van der Waals surface area contributed by atoms with Crippen LogP contribution in [-0.4, -0.2) is 142 Å². The van der Waals surface area contributed by atoms with Crippen LogP contribution >= 0.6 is 0 Å². The average Bonchev–Trinajstić information content (AvgIpc) is 3.35. The van der Waals surface area contributed by atoms with Crippen LogP contribution in [-0.2, 0) is 38.0 Å². The van der Waals surface area contributed by atoms with Crippen LogP contribution in [0.1, 0.15) is 219 Å². The highest BCUT2D eigenvalue weighted by Crippen LogP contribution is 2.27. The lowest BCUT2D eigenvalue weighted by Gasteiger charge is -2.42. The molecule has 0 amide bonds. The molecule has 15 nitrogen and oxygen atoms in total. The first-order valence-corrected chi connectivity index (χ1v) is 27.9. The highest BCUT2D eigenvalue weighted by Gasteiger charge is 2.47. The van der Waals surface area contributed by atoms with Gasteiger partial charge >= 0.3 is 11.9 Å². The van der Waals surface area contributed by atoms with Crippen molar-refractivity contribution in [3.63, 3.8) is 0 Å². The molecule has 2 rings (SSSR count). The van der Waals surface area contributed by atoms with Crippen molar-refractivity contribution in [2.75, 3.05) is 26.4 Å². The number of carbonyl (C=O) groups is 2.